The molecular formula is C11H10BrF3O2. The molecule has 0 bridgehead atoms. The molecular weight excluding hydrogens is 301 g/mol. The van der Waals surface area contributed by atoms with Crippen molar-refractivity contribution in [1.82, 2.24) is 0 Å². The molecule has 1 aromatic rings. The van der Waals surface area contributed by atoms with Gasteiger partial charge in [-0.1, -0.05) is 15.9 Å². The van der Waals surface area contributed by atoms with Crippen molar-refractivity contribution >= 4 is 21.7 Å². The molecule has 0 fully saturated rings. The lowest BCUT2D eigenvalue weighted by molar-refractivity contribution is -0.138. The predicted octanol–water partition coefficient (Wildman–Crippen LogP) is 3.69. The number of carbonyl (C=O) groups is 1. The zero-order valence-corrected chi connectivity index (χ0v) is 10.6. The van der Waals surface area contributed by atoms with Crippen molar-refractivity contribution in [3.8, 4) is 0 Å². The molecule has 0 radical (unpaired) electrons. The summed E-state index contributed by atoms with van der Waals surface area (Å²) in [7, 11) is 0. The molecule has 0 unspecified atom stereocenters. The molecule has 0 aliphatic carbocycles. The van der Waals surface area contributed by atoms with Crippen molar-refractivity contribution in [2.24, 2.45) is 0 Å². The van der Waals surface area contributed by atoms with Crippen LogP contribution in [0.2, 0.25) is 0 Å². The number of rotatable bonds is 4. The van der Waals surface area contributed by atoms with Crippen LogP contribution in [0.5, 0.6) is 0 Å². The van der Waals surface area contributed by atoms with Crippen LogP contribution in [-0.2, 0) is 10.9 Å². The minimum atomic E-state index is -4.55. The summed E-state index contributed by atoms with van der Waals surface area (Å²) in [5, 5.41) is 0. The van der Waals surface area contributed by atoms with Gasteiger partial charge in [-0.05, 0) is 25.1 Å². The van der Waals surface area contributed by atoms with Crippen LogP contribution in [0.1, 0.15) is 22.8 Å². The first-order valence-electron chi connectivity index (χ1n) is 4.84. The Morgan fingerprint density at radius 2 is 2.06 bits per heavy atom. The van der Waals surface area contributed by atoms with E-state index in [1.807, 2.05) is 0 Å². The van der Waals surface area contributed by atoms with Crippen molar-refractivity contribution in [2.45, 2.75) is 13.1 Å². The van der Waals surface area contributed by atoms with Gasteiger partial charge in [0.2, 0.25) is 0 Å². The lowest BCUT2D eigenvalue weighted by atomic mass is 10.0. The lowest BCUT2D eigenvalue weighted by Gasteiger charge is -2.12. The number of halogens is 4. The van der Waals surface area contributed by atoms with Crippen LogP contribution in [-0.4, -0.2) is 19.0 Å². The van der Waals surface area contributed by atoms with E-state index in [-0.39, 0.29) is 23.2 Å². The van der Waals surface area contributed by atoms with E-state index < -0.39 is 17.5 Å². The largest absolute Gasteiger partial charge is 0.417 e. The summed E-state index contributed by atoms with van der Waals surface area (Å²) in [5.74, 6) is -0.674. The van der Waals surface area contributed by atoms with E-state index >= 15 is 0 Å². The molecule has 1 aromatic carbocycles. The molecule has 0 saturated carbocycles. The number of carbonyl (C=O) groups excluding carboxylic acids is 1. The normalized spacial score (nSPS) is 11.6. The second-order valence-corrected chi connectivity index (χ2v) is 4.16. The lowest BCUT2D eigenvalue weighted by Crippen LogP contribution is -2.16. The molecule has 0 saturated heterocycles. The Labute approximate surface area is 105 Å². The van der Waals surface area contributed by atoms with Crippen molar-refractivity contribution in [1.29, 1.82) is 0 Å². The fourth-order valence-electron chi connectivity index (χ4n) is 1.27. The van der Waals surface area contributed by atoms with Crippen LogP contribution in [0, 0.1) is 0 Å². The van der Waals surface area contributed by atoms with Crippen molar-refractivity contribution in [2.75, 3.05) is 13.2 Å². The average molecular weight is 311 g/mol. The standard InChI is InChI=1S/C11H10BrF3O2/c1-2-17-6-10(16)8-4-3-7(12)5-9(8)11(13,14)15/h3-5H,2,6H2,1H3. The fraction of sp³-hybridized carbons (Fsp3) is 0.364. The Morgan fingerprint density at radius 3 is 2.59 bits per heavy atom. The summed E-state index contributed by atoms with van der Waals surface area (Å²) >= 11 is 2.95. The number of benzene rings is 1. The van der Waals surface area contributed by atoms with Crippen molar-refractivity contribution in [3.63, 3.8) is 0 Å². The highest BCUT2D eigenvalue weighted by atomic mass is 79.9. The highest BCUT2D eigenvalue weighted by Crippen LogP contribution is 2.34. The topological polar surface area (TPSA) is 26.3 Å². The second kappa shape index (κ2) is 5.64. The van der Waals surface area contributed by atoms with Crippen LogP contribution < -0.4 is 0 Å². The zero-order chi connectivity index (χ0) is 13.1. The van der Waals surface area contributed by atoms with Gasteiger partial charge in [0.25, 0.3) is 0 Å². The Balaban J connectivity index is 3.11. The summed E-state index contributed by atoms with van der Waals surface area (Å²) < 4.78 is 43.2. The molecule has 94 valence electrons. The first-order valence-corrected chi connectivity index (χ1v) is 5.63. The van der Waals surface area contributed by atoms with Gasteiger partial charge in [0.05, 0.1) is 5.56 Å². The molecule has 0 spiro atoms. The number of alkyl halides is 3. The SMILES string of the molecule is CCOCC(=O)c1ccc(Br)cc1C(F)(F)F. The van der Waals surface area contributed by atoms with Gasteiger partial charge in [-0.15, -0.1) is 0 Å². The van der Waals surface area contributed by atoms with E-state index in [4.69, 9.17) is 4.74 Å². The van der Waals surface area contributed by atoms with Gasteiger partial charge in [-0.2, -0.15) is 13.2 Å². The molecule has 6 heteroatoms. The van der Waals surface area contributed by atoms with Gasteiger partial charge in [-0.25, -0.2) is 0 Å². The van der Waals surface area contributed by atoms with E-state index in [1.54, 1.807) is 6.92 Å². The molecule has 0 atom stereocenters. The number of ether oxygens (including phenoxy) is 1. The molecule has 0 aliphatic heterocycles. The number of Topliss-reactive ketones (excluding diaryl/α,β-unsaturated/α-hetero) is 1. The van der Waals surface area contributed by atoms with Gasteiger partial charge in [0.15, 0.2) is 5.78 Å². The smallest absolute Gasteiger partial charge is 0.374 e. The first kappa shape index (κ1) is 14.2. The molecule has 2 nitrogen and oxygen atoms in total. The van der Waals surface area contributed by atoms with E-state index in [9.17, 15) is 18.0 Å². The number of ketones is 1. The minimum Gasteiger partial charge on any atom is -0.374 e. The highest BCUT2D eigenvalue weighted by molar-refractivity contribution is 9.10. The van der Waals surface area contributed by atoms with E-state index in [2.05, 4.69) is 15.9 Å². The van der Waals surface area contributed by atoms with E-state index in [0.29, 0.717) is 0 Å². The van der Waals surface area contributed by atoms with E-state index in [0.717, 1.165) is 12.1 Å². The fourth-order valence-corrected chi connectivity index (χ4v) is 1.63. The zero-order valence-electron chi connectivity index (χ0n) is 8.97. The quantitative estimate of drug-likeness (QED) is 0.793. The maximum Gasteiger partial charge on any atom is 0.417 e. The summed E-state index contributed by atoms with van der Waals surface area (Å²) in [6.45, 7) is 1.60. The van der Waals surface area contributed by atoms with Gasteiger partial charge >= 0.3 is 6.18 Å². The number of hydrogen-bond acceptors (Lipinski definition) is 2. The molecule has 0 aromatic heterocycles. The van der Waals surface area contributed by atoms with Crippen LogP contribution in [0.3, 0.4) is 0 Å². The summed E-state index contributed by atoms with van der Waals surface area (Å²) in [5.41, 5.74) is -1.31. The van der Waals surface area contributed by atoms with Crippen molar-refractivity contribution in [3.05, 3.63) is 33.8 Å². The van der Waals surface area contributed by atoms with Crippen LogP contribution in [0.15, 0.2) is 22.7 Å². The highest BCUT2D eigenvalue weighted by Gasteiger charge is 2.35. The number of hydrogen-bond donors (Lipinski definition) is 0. The molecule has 0 amide bonds. The van der Waals surface area contributed by atoms with Crippen LogP contribution >= 0.6 is 15.9 Å². The summed E-state index contributed by atoms with van der Waals surface area (Å²) in [6, 6.07) is 3.43. The Hall–Kier alpha value is -0.880. The van der Waals surface area contributed by atoms with Gasteiger partial charge in [-0.3, -0.25) is 4.79 Å². The molecule has 0 aliphatic rings. The molecule has 0 heterocycles. The predicted molar refractivity (Wildman–Crippen MR) is 60.0 cm³/mol. The summed E-state index contributed by atoms with van der Waals surface area (Å²) in [6.07, 6.45) is -4.55. The van der Waals surface area contributed by atoms with Gasteiger partial charge < -0.3 is 4.74 Å². The summed E-state index contributed by atoms with van der Waals surface area (Å²) in [4.78, 5) is 11.5. The van der Waals surface area contributed by atoms with Crippen LogP contribution in [0.4, 0.5) is 13.2 Å². The monoisotopic (exact) mass is 310 g/mol. The Kier molecular flexibility index (Phi) is 4.70. The van der Waals surface area contributed by atoms with Gasteiger partial charge in [0, 0.05) is 16.6 Å². The maximum atomic E-state index is 12.7. The third-order valence-electron chi connectivity index (χ3n) is 2.02. The molecule has 0 N–H and O–H groups in total. The maximum absolute atomic E-state index is 12.7. The van der Waals surface area contributed by atoms with Gasteiger partial charge in [0.1, 0.15) is 6.61 Å². The average Bonchev–Trinajstić information content (AvgIpc) is 2.24. The Morgan fingerprint density at radius 1 is 1.41 bits per heavy atom. The molecule has 17 heavy (non-hydrogen) atoms. The van der Waals surface area contributed by atoms with Crippen molar-refractivity contribution < 1.29 is 22.7 Å². The second-order valence-electron chi connectivity index (χ2n) is 3.25. The third kappa shape index (κ3) is 3.81. The first-order chi connectivity index (χ1) is 7.86. The van der Waals surface area contributed by atoms with Crippen LogP contribution in [0.25, 0.3) is 0 Å². The minimum absolute atomic E-state index is 0.276. The Bertz CT molecular complexity index is 416. The third-order valence-corrected chi connectivity index (χ3v) is 2.52. The van der Waals surface area contributed by atoms with E-state index in [1.165, 1.54) is 6.07 Å². The molecule has 1 rings (SSSR count).